The number of hydrogen-bond donors (Lipinski definition) is 1. The predicted octanol–water partition coefficient (Wildman–Crippen LogP) is 6.34. The smallest absolute Gasteiger partial charge is 0.264 e. The van der Waals surface area contributed by atoms with Gasteiger partial charge in [0, 0.05) is 19.0 Å². The summed E-state index contributed by atoms with van der Waals surface area (Å²) < 4.78 is 43.3. The number of sulfonamides is 1. The van der Waals surface area contributed by atoms with Crippen molar-refractivity contribution >= 4 is 27.5 Å². The summed E-state index contributed by atoms with van der Waals surface area (Å²) in [4.78, 5) is 30.1. The van der Waals surface area contributed by atoms with Gasteiger partial charge in [0.05, 0.1) is 10.6 Å². The van der Waals surface area contributed by atoms with Gasteiger partial charge in [0.2, 0.25) is 11.8 Å². The third kappa shape index (κ3) is 8.20. The minimum Gasteiger partial charge on any atom is -0.352 e. The first-order chi connectivity index (χ1) is 22.1. The Morgan fingerprint density at radius 1 is 0.804 bits per heavy atom. The lowest BCUT2D eigenvalue weighted by Crippen LogP contribution is -2.54. The van der Waals surface area contributed by atoms with E-state index in [1.54, 1.807) is 48.5 Å². The Morgan fingerprint density at radius 3 is 2.00 bits per heavy atom. The van der Waals surface area contributed by atoms with E-state index >= 15 is 0 Å². The van der Waals surface area contributed by atoms with Crippen LogP contribution in [0.1, 0.15) is 47.9 Å². The number of hydrogen-bond acceptors (Lipinski definition) is 4. The van der Waals surface area contributed by atoms with Crippen molar-refractivity contribution in [1.82, 2.24) is 10.2 Å². The number of benzene rings is 4. The number of rotatable bonds is 12. The molecule has 1 atom stereocenters. The Labute approximate surface area is 271 Å². The van der Waals surface area contributed by atoms with E-state index in [9.17, 15) is 22.4 Å². The van der Waals surface area contributed by atoms with Gasteiger partial charge in [-0.2, -0.15) is 0 Å². The van der Waals surface area contributed by atoms with Crippen molar-refractivity contribution in [2.24, 2.45) is 0 Å². The van der Waals surface area contributed by atoms with Crippen molar-refractivity contribution in [3.05, 3.63) is 131 Å². The maximum Gasteiger partial charge on any atom is 0.264 e. The van der Waals surface area contributed by atoms with Crippen LogP contribution in [0, 0.1) is 19.7 Å². The highest BCUT2D eigenvalue weighted by Crippen LogP contribution is 2.26. The van der Waals surface area contributed by atoms with Crippen molar-refractivity contribution in [2.45, 2.75) is 69.5 Å². The summed E-state index contributed by atoms with van der Waals surface area (Å²) in [6.45, 7) is 3.22. The summed E-state index contributed by atoms with van der Waals surface area (Å²) in [6.07, 6.45) is 4.00. The zero-order chi connectivity index (χ0) is 32.7. The molecule has 0 radical (unpaired) electrons. The van der Waals surface area contributed by atoms with E-state index < -0.39 is 34.3 Å². The molecule has 1 fully saturated rings. The minimum atomic E-state index is -4.18. The summed E-state index contributed by atoms with van der Waals surface area (Å²) in [7, 11) is -4.18. The molecule has 0 aliphatic heterocycles. The lowest BCUT2D eigenvalue weighted by molar-refractivity contribution is -0.140. The molecular formula is C37H40FN3O4S. The number of nitrogens with zero attached hydrogens (tertiary/aromatic N) is 2. The first-order valence-electron chi connectivity index (χ1n) is 15.6. The summed E-state index contributed by atoms with van der Waals surface area (Å²) >= 11 is 0. The number of aryl methyl sites for hydroxylation is 2. The monoisotopic (exact) mass is 641 g/mol. The Bertz CT molecular complexity index is 1720. The van der Waals surface area contributed by atoms with Crippen LogP contribution in [-0.4, -0.2) is 43.8 Å². The molecule has 1 saturated carbocycles. The highest BCUT2D eigenvalue weighted by Gasteiger charge is 2.35. The van der Waals surface area contributed by atoms with Crippen molar-refractivity contribution in [2.75, 3.05) is 10.8 Å². The molecule has 0 spiro atoms. The fourth-order valence-electron chi connectivity index (χ4n) is 5.79. The van der Waals surface area contributed by atoms with Crippen LogP contribution in [0.5, 0.6) is 0 Å². The number of carbonyl (C=O) groups is 2. The molecule has 7 nitrogen and oxygen atoms in total. The Kier molecular flexibility index (Phi) is 10.5. The second kappa shape index (κ2) is 14.7. The third-order valence-electron chi connectivity index (χ3n) is 8.45. The van der Waals surface area contributed by atoms with Crippen LogP contribution < -0.4 is 9.62 Å². The standard InChI is InChI=1S/C37H40FN3O4S/c1-27-12-20-33(21-13-27)41(46(44,45)34-22-14-28(2)15-23-34)26-36(42)40(25-30-16-18-31(38)19-17-30)35(24-29-8-4-3-5-9-29)37(43)39-32-10-6-7-11-32/h3-5,8-9,12-23,32,35H,6-7,10-11,24-26H2,1-2H3,(H,39,43)/t35-/m0/s1. The molecule has 9 heteroatoms. The maximum absolute atomic E-state index is 14.5. The van der Waals surface area contributed by atoms with E-state index in [0.717, 1.165) is 46.7 Å². The van der Waals surface area contributed by atoms with Gasteiger partial charge in [-0.05, 0) is 74.2 Å². The van der Waals surface area contributed by atoms with Crippen LogP contribution >= 0.6 is 0 Å². The minimum absolute atomic E-state index is 0.0129. The van der Waals surface area contributed by atoms with Crippen LogP contribution in [0.25, 0.3) is 0 Å². The molecule has 4 aromatic carbocycles. The molecule has 0 aromatic heterocycles. The number of amides is 2. The molecule has 0 heterocycles. The Morgan fingerprint density at radius 2 is 1.39 bits per heavy atom. The van der Waals surface area contributed by atoms with E-state index in [1.165, 1.54) is 29.2 Å². The summed E-state index contributed by atoms with van der Waals surface area (Å²) in [5.41, 5.74) is 3.64. The summed E-state index contributed by atoms with van der Waals surface area (Å²) in [5.74, 6) is -1.27. The number of carbonyl (C=O) groups excluding carboxylic acids is 2. The Balaban J connectivity index is 1.55. The largest absolute Gasteiger partial charge is 0.352 e. The molecular weight excluding hydrogens is 601 g/mol. The lowest BCUT2D eigenvalue weighted by Gasteiger charge is -2.34. The van der Waals surface area contributed by atoms with Gasteiger partial charge in [0.25, 0.3) is 10.0 Å². The first-order valence-corrected chi connectivity index (χ1v) is 17.1. The molecule has 0 unspecified atom stereocenters. The molecule has 0 bridgehead atoms. The van der Waals surface area contributed by atoms with Gasteiger partial charge in [0.15, 0.2) is 0 Å². The van der Waals surface area contributed by atoms with Gasteiger partial charge in [-0.3, -0.25) is 13.9 Å². The maximum atomic E-state index is 14.5. The van der Waals surface area contributed by atoms with Gasteiger partial charge in [-0.1, -0.05) is 90.7 Å². The van der Waals surface area contributed by atoms with Crippen LogP contribution in [0.2, 0.25) is 0 Å². The van der Waals surface area contributed by atoms with E-state index in [2.05, 4.69) is 5.32 Å². The molecule has 240 valence electrons. The fourth-order valence-corrected chi connectivity index (χ4v) is 7.20. The zero-order valence-electron chi connectivity index (χ0n) is 26.2. The predicted molar refractivity (Wildman–Crippen MR) is 178 cm³/mol. The molecule has 0 saturated heterocycles. The van der Waals surface area contributed by atoms with Gasteiger partial charge >= 0.3 is 0 Å². The number of halogens is 1. The number of anilines is 1. The summed E-state index contributed by atoms with van der Waals surface area (Å²) in [5, 5.41) is 3.16. The van der Waals surface area contributed by atoms with Gasteiger partial charge in [-0.25, -0.2) is 12.8 Å². The molecule has 1 aliphatic carbocycles. The highest BCUT2D eigenvalue weighted by molar-refractivity contribution is 7.92. The van der Waals surface area contributed by atoms with E-state index in [1.807, 2.05) is 44.2 Å². The molecule has 1 N–H and O–H groups in total. The second-order valence-electron chi connectivity index (χ2n) is 12.0. The Hall–Kier alpha value is -4.50. The highest BCUT2D eigenvalue weighted by atomic mass is 32.2. The van der Waals surface area contributed by atoms with Crippen LogP contribution in [0.3, 0.4) is 0 Å². The topological polar surface area (TPSA) is 86.8 Å². The van der Waals surface area contributed by atoms with Crippen molar-refractivity contribution in [3.8, 4) is 0 Å². The molecule has 4 aromatic rings. The first kappa shape index (κ1) is 32.9. The van der Waals surface area contributed by atoms with Crippen LogP contribution in [0.15, 0.2) is 108 Å². The normalized spacial score (nSPS) is 14.1. The SMILES string of the molecule is Cc1ccc(N(CC(=O)N(Cc2ccc(F)cc2)[C@@H](Cc2ccccc2)C(=O)NC2CCCC2)S(=O)(=O)c2ccc(C)cc2)cc1. The van der Waals surface area contributed by atoms with Crippen molar-refractivity contribution in [3.63, 3.8) is 0 Å². The average molecular weight is 642 g/mol. The lowest BCUT2D eigenvalue weighted by atomic mass is 10.0. The second-order valence-corrected chi connectivity index (χ2v) is 13.9. The average Bonchev–Trinajstić information content (AvgIpc) is 3.56. The molecule has 5 rings (SSSR count). The van der Waals surface area contributed by atoms with Crippen molar-refractivity contribution < 1.29 is 22.4 Å². The third-order valence-corrected chi connectivity index (χ3v) is 10.2. The fraction of sp³-hybridized carbons (Fsp3) is 0.297. The quantitative estimate of drug-likeness (QED) is 0.196. The number of nitrogens with one attached hydrogen (secondary N) is 1. The van der Waals surface area contributed by atoms with Crippen molar-refractivity contribution in [1.29, 1.82) is 0 Å². The summed E-state index contributed by atoms with van der Waals surface area (Å²) in [6, 6.07) is 27.7. The van der Waals surface area contributed by atoms with Gasteiger partial charge in [0.1, 0.15) is 18.4 Å². The molecule has 46 heavy (non-hydrogen) atoms. The van der Waals surface area contributed by atoms with Gasteiger partial charge < -0.3 is 10.2 Å². The van der Waals surface area contributed by atoms with Crippen LogP contribution in [-0.2, 0) is 32.6 Å². The van der Waals surface area contributed by atoms with Crippen LogP contribution in [0.4, 0.5) is 10.1 Å². The molecule has 2 amide bonds. The van der Waals surface area contributed by atoms with E-state index in [0.29, 0.717) is 11.3 Å². The van der Waals surface area contributed by atoms with Gasteiger partial charge in [-0.15, -0.1) is 0 Å². The molecule has 1 aliphatic rings. The van der Waals surface area contributed by atoms with E-state index in [4.69, 9.17) is 0 Å². The zero-order valence-corrected chi connectivity index (χ0v) is 27.0. The van der Waals surface area contributed by atoms with E-state index in [-0.39, 0.29) is 29.8 Å².